The van der Waals surface area contributed by atoms with Crippen LogP contribution in [0.2, 0.25) is 0 Å². The number of amides is 1. The lowest BCUT2D eigenvalue weighted by Gasteiger charge is -2.11. The number of aromatic nitrogens is 3. The van der Waals surface area contributed by atoms with Gasteiger partial charge < -0.3 is 15.0 Å². The predicted molar refractivity (Wildman–Crippen MR) is 113 cm³/mol. The summed E-state index contributed by atoms with van der Waals surface area (Å²) >= 11 is 0. The molecule has 1 amide bonds. The van der Waals surface area contributed by atoms with Crippen LogP contribution in [0.4, 0.5) is 5.69 Å². The molecular weight excluding hydrogens is 364 g/mol. The maximum absolute atomic E-state index is 12.5. The summed E-state index contributed by atoms with van der Waals surface area (Å²) in [5.74, 6) is 0.814. The lowest BCUT2D eigenvalue weighted by molar-refractivity contribution is -0.116. The van der Waals surface area contributed by atoms with Crippen LogP contribution in [0.5, 0.6) is 5.75 Å². The van der Waals surface area contributed by atoms with Gasteiger partial charge in [0.05, 0.1) is 24.7 Å². The molecule has 0 saturated carbocycles. The summed E-state index contributed by atoms with van der Waals surface area (Å²) in [5, 5.41) is 11.5. The number of aromatic amines is 2. The van der Waals surface area contributed by atoms with E-state index in [1.165, 1.54) is 11.1 Å². The van der Waals surface area contributed by atoms with Crippen molar-refractivity contribution in [3.63, 3.8) is 0 Å². The van der Waals surface area contributed by atoms with Crippen LogP contribution < -0.4 is 10.1 Å². The number of fused-ring (bicyclic) bond motifs is 5. The number of benzene rings is 2. The summed E-state index contributed by atoms with van der Waals surface area (Å²) in [6.07, 6.45) is 4.88. The first-order chi connectivity index (χ1) is 14.2. The molecule has 2 aromatic heterocycles. The molecule has 0 fully saturated rings. The fraction of sp³-hybridized carbons (Fsp3) is 0.217. The van der Waals surface area contributed by atoms with Gasteiger partial charge in [-0.05, 0) is 60.2 Å². The Morgan fingerprint density at radius 2 is 2.07 bits per heavy atom. The average molecular weight is 386 g/mol. The number of carbonyl (C=O) groups excluding carboxylic acids is 1. The first kappa shape index (κ1) is 17.6. The highest BCUT2D eigenvalue weighted by Crippen LogP contribution is 2.37. The maximum Gasteiger partial charge on any atom is 0.224 e. The molecule has 3 N–H and O–H groups in total. The van der Waals surface area contributed by atoms with E-state index in [-0.39, 0.29) is 5.91 Å². The van der Waals surface area contributed by atoms with E-state index < -0.39 is 0 Å². The van der Waals surface area contributed by atoms with Crippen molar-refractivity contribution in [2.45, 2.75) is 25.7 Å². The van der Waals surface area contributed by atoms with Crippen molar-refractivity contribution in [2.75, 3.05) is 12.4 Å². The van der Waals surface area contributed by atoms with Crippen molar-refractivity contribution < 1.29 is 9.53 Å². The number of anilines is 1. The molecule has 0 spiro atoms. The second-order valence-corrected chi connectivity index (χ2v) is 7.37. The van der Waals surface area contributed by atoms with E-state index in [1.807, 2.05) is 42.6 Å². The summed E-state index contributed by atoms with van der Waals surface area (Å²) in [6, 6.07) is 13.8. The SMILES string of the molecule is COc1ccccc1CCC(=O)Nc1ccc2[nH]c3c(c2c1)CCc1cn[nH]c1-3. The minimum Gasteiger partial charge on any atom is -0.496 e. The number of nitrogens with one attached hydrogen (secondary N) is 3. The van der Waals surface area contributed by atoms with Gasteiger partial charge in [-0.2, -0.15) is 5.10 Å². The van der Waals surface area contributed by atoms with Crippen LogP contribution in [-0.2, 0) is 24.1 Å². The molecule has 6 nitrogen and oxygen atoms in total. The van der Waals surface area contributed by atoms with Crippen molar-refractivity contribution >= 4 is 22.5 Å². The van der Waals surface area contributed by atoms with Gasteiger partial charge in [-0.3, -0.25) is 9.89 Å². The summed E-state index contributed by atoms with van der Waals surface area (Å²) in [5.41, 5.74) is 7.64. The van der Waals surface area contributed by atoms with Gasteiger partial charge in [-0.15, -0.1) is 0 Å². The second-order valence-electron chi connectivity index (χ2n) is 7.37. The van der Waals surface area contributed by atoms with Crippen LogP contribution in [-0.4, -0.2) is 28.2 Å². The Balaban J connectivity index is 1.34. The molecule has 1 aliphatic rings. The summed E-state index contributed by atoms with van der Waals surface area (Å²) < 4.78 is 5.37. The topological polar surface area (TPSA) is 82.8 Å². The normalized spacial score (nSPS) is 12.4. The smallest absolute Gasteiger partial charge is 0.224 e. The largest absolute Gasteiger partial charge is 0.496 e. The number of carbonyl (C=O) groups is 1. The molecule has 5 rings (SSSR count). The van der Waals surface area contributed by atoms with Crippen molar-refractivity contribution in [1.82, 2.24) is 15.2 Å². The van der Waals surface area contributed by atoms with Crippen LogP contribution in [0.1, 0.15) is 23.1 Å². The number of para-hydroxylation sites is 1. The molecule has 0 unspecified atom stereocenters. The van der Waals surface area contributed by atoms with Crippen LogP contribution in [0, 0.1) is 0 Å². The van der Waals surface area contributed by atoms with Crippen LogP contribution >= 0.6 is 0 Å². The molecule has 0 aliphatic heterocycles. The number of hydrogen-bond acceptors (Lipinski definition) is 3. The Kier molecular flexibility index (Phi) is 4.31. The summed E-state index contributed by atoms with van der Waals surface area (Å²) in [6.45, 7) is 0. The Hall–Kier alpha value is -3.54. The maximum atomic E-state index is 12.5. The van der Waals surface area contributed by atoms with Gasteiger partial charge >= 0.3 is 0 Å². The lowest BCUT2D eigenvalue weighted by atomic mass is 9.94. The van der Waals surface area contributed by atoms with Gasteiger partial charge in [0.25, 0.3) is 0 Å². The molecule has 4 aromatic rings. The summed E-state index contributed by atoms with van der Waals surface area (Å²) in [4.78, 5) is 16.0. The Morgan fingerprint density at radius 1 is 1.17 bits per heavy atom. The number of ether oxygens (including phenoxy) is 1. The first-order valence-corrected chi connectivity index (χ1v) is 9.82. The molecule has 0 saturated heterocycles. The molecule has 29 heavy (non-hydrogen) atoms. The molecule has 2 aromatic carbocycles. The zero-order valence-electron chi connectivity index (χ0n) is 16.2. The van der Waals surface area contributed by atoms with Crippen molar-refractivity contribution in [3.05, 3.63) is 65.4 Å². The van der Waals surface area contributed by atoms with Crippen molar-refractivity contribution in [1.29, 1.82) is 0 Å². The Labute approximate surface area is 168 Å². The number of rotatable bonds is 5. The van der Waals surface area contributed by atoms with E-state index in [2.05, 4.69) is 26.6 Å². The van der Waals surface area contributed by atoms with Crippen LogP contribution in [0.25, 0.3) is 22.3 Å². The predicted octanol–water partition coefficient (Wildman–Crippen LogP) is 4.24. The number of methoxy groups -OCH3 is 1. The highest BCUT2D eigenvalue weighted by Gasteiger charge is 2.22. The monoisotopic (exact) mass is 386 g/mol. The molecule has 6 heteroatoms. The highest BCUT2D eigenvalue weighted by atomic mass is 16.5. The zero-order chi connectivity index (χ0) is 19.8. The van der Waals surface area contributed by atoms with Gasteiger partial charge in [0.1, 0.15) is 5.75 Å². The number of aryl methyl sites for hydroxylation is 3. The van der Waals surface area contributed by atoms with Gasteiger partial charge in [-0.1, -0.05) is 18.2 Å². The quantitative estimate of drug-likeness (QED) is 0.480. The summed E-state index contributed by atoms with van der Waals surface area (Å²) in [7, 11) is 1.65. The third kappa shape index (κ3) is 3.16. The number of hydrogen-bond donors (Lipinski definition) is 3. The number of nitrogens with zero attached hydrogens (tertiary/aromatic N) is 1. The molecule has 1 aliphatic carbocycles. The average Bonchev–Trinajstić information content (AvgIpc) is 3.36. The van der Waals surface area contributed by atoms with Crippen LogP contribution in [0.3, 0.4) is 0 Å². The van der Waals surface area contributed by atoms with Gasteiger partial charge in [0.15, 0.2) is 0 Å². The minimum absolute atomic E-state index is 0.00415. The first-order valence-electron chi connectivity index (χ1n) is 9.82. The fourth-order valence-electron chi connectivity index (χ4n) is 4.16. The van der Waals surface area contributed by atoms with E-state index in [0.29, 0.717) is 12.8 Å². The van der Waals surface area contributed by atoms with E-state index in [0.717, 1.165) is 52.1 Å². The van der Waals surface area contributed by atoms with E-state index in [1.54, 1.807) is 7.11 Å². The lowest BCUT2D eigenvalue weighted by Crippen LogP contribution is -2.12. The highest BCUT2D eigenvalue weighted by molar-refractivity contribution is 5.97. The minimum atomic E-state index is -0.00415. The fourth-order valence-corrected chi connectivity index (χ4v) is 4.16. The molecule has 0 atom stereocenters. The van der Waals surface area contributed by atoms with Crippen molar-refractivity contribution in [3.8, 4) is 17.1 Å². The number of H-pyrrole nitrogens is 2. The third-order valence-corrected chi connectivity index (χ3v) is 5.62. The second kappa shape index (κ2) is 7.13. The van der Waals surface area contributed by atoms with Gasteiger partial charge in [0.2, 0.25) is 5.91 Å². The zero-order valence-corrected chi connectivity index (χ0v) is 16.2. The molecular formula is C23H22N4O2. The molecule has 0 bridgehead atoms. The van der Waals surface area contributed by atoms with E-state index in [9.17, 15) is 4.79 Å². The van der Waals surface area contributed by atoms with Crippen LogP contribution in [0.15, 0.2) is 48.7 Å². The van der Waals surface area contributed by atoms with Crippen molar-refractivity contribution in [2.24, 2.45) is 0 Å². The Bertz CT molecular complexity index is 1200. The standard InChI is InChI=1S/C23H22N4O2/c1-29-20-5-3-2-4-14(20)7-11-21(28)25-16-8-10-19-18(12-16)17-9-6-15-13-24-27-22(15)23(17)26-19/h2-5,8,10,12-13,26H,6-7,9,11H2,1H3,(H,24,27)(H,25,28). The van der Waals surface area contributed by atoms with E-state index >= 15 is 0 Å². The molecule has 146 valence electrons. The Morgan fingerprint density at radius 3 is 2.97 bits per heavy atom. The van der Waals surface area contributed by atoms with E-state index in [4.69, 9.17) is 4.74 Å². The molecule has 2 heterocycles. The third-order valence-electron chi connectivity index (χ3n) is 5.62. The molecule has 0 radical (unpaired) electrons. The van der Waals surface area contributed by atoms with Gasteiger partial charge in [0, 0.05) is 23.0 Å². The van der Waals surface area contributed by atoms with Gasteiger partial charge in [-0.25, -0.2) is 0 Å².